The molecule has 0 unspecified atom stereocenters. The smallest absolute Gasteiger partial charge is 0.141 e. The second-order valence-electron chi connectivity index (χ2n) is 4.30. The first-order valence-electron chi connectivity index (χ1n) is 5.57. The van der Waals surface area contributed by atoms with Crippen LogP contribution in [0.3, 0.4) is 0 Å². The van der Waals surface area contributed by atoms with E-state index >= 15 is 0 Å². The van der Waals surface area contributed by atoms with Crippen LogP contribution in [0.25, 0.3) is 11.3 Å². The molecule has 2 aromatic rings. The summed E-state index contributed by atoms with van der Waals surface area (Å²) in [4.78, 5) is 4.10. The van der Waals surface area contributed by atoms with Crippen LogP contribution < -0.4 is 0 Å². The lowest BCUT2D eigenvalue weighted by atomic mass is 9.99. The van der Waals surface area contributed by atoms with Crippen LogP contribution in [-0.2, 0) is 0 Å². The highest BCUT2D eigenvalue weighted by atomic mass is 16.3. The first-order valence-corrected chi connectivity index (χ1v) is 5.57. The fourth-order valence-electron chi connectivity index (χ4n) is 1.80. The molecule has 2 N–H and O–H groups in total. The number of aromatic hydroxyl groups is 2. The number of phenols is 1. The number of aromatic nitrogens is 1. The van der Waals surface area contributed by atoms with Crippen LogP contribution in [0.4, 0.5) is 0 Å². The molecule has 1 aromatic carbocycles. The van der Waals surface area contributed by atoms with E-state index in [9.17, 15) is 10.2 Å². The van der Waals surface area contributed by atoms with E-state index < -0.39 is 0 Å². The normalized spacial score (nSPS) is 10.8. The van der Waals surface area contributed by atoms with E-state index in [1.165, 1.54) is 0 Å². The average Bonchev–Trinajstić information content (AvgIpc) is 2.29. The third-order valence-electron chi connectivity index (χ3n) is 2.71. The maximum atomic E-state index is 9.90. The van der Waals surface area contributed by atoms with Crippen molar-refractivity contribution in [3.8, 4) is 22.8 Å². The van der Waals surface area contributed by atoms with Gasteiger partial charge in [-0.3, -0.25) is 4.98 Å². The summed E-state index contributed by atoms with van der Waals surface area (Å²) in [5.41, 5.74) is 2.09. The van der Waals surface area contributed by atoms with Gasteiger partial charge in [-0.25, -0.2) is 0 Å². The zero-order valence-electron chi connectivity index (χ0n) is 9.88. The Bertz CT molecular complexity index is 535. The highest BCUT2D eigenvalue weighted by molar-refractivity contribution is 5.67. The van der Waals surface area contributed by atoms with E-state index in [0.29, 0.717) is 11.3 Å². The summed E-state index contributed by atoms with van der Waals surface area (Å²) in [5.74, 6) is 0.619. The number of phenolic OH excluding ortho intramolecular Hbond substituents is 1. The molecule has 0 bridgehead atoms. The van der Waals surface area contributed by atoms with Gasteiger partial charge in [-0.1, -0.05) is 26.0 Å². The highest BCUT2D eigenvalue weighted by Crippen LogP contribution is 2.32. The summed E-state index contributed by atoms with van der Waals surface area (Å²) in [6, 6.07) is 8.61. The molecule has 1 aromatic heterocycles. The molecule has 2 rings (SSSR count). The third-order valence-corrected chi connectivity index (χ3v) is 2.71. The maximum Gasteiger partial charge on any atom is 0.141 e. The van der Waals surface area contributed by atoms with Gasteiger partial charge < -0.3 is 10.2 Å². The predicted octanol–water partition coefficient (Wildman–Crippen LogP) is 3.28. The summed E-state index contributed by atoms with van der Waals surface area (Å²) in [6.45, 7) is 4.04. The lowest BCUT2D eigenvalue weighted by Gasteiger charge is -2.10. The monoisotopic (exact) mass is 229 g/mol. The third kappa shape index (κ3) is 2.23. The number of hydrogen-bond donors (Lipinski definition) is 2. The van der Waals surface area contributed by atoms with E-state index in [1.807, 2.05) is 26.0 Å². The first kappa shape index (κ1) is 11.5. The largest absolute Gasteiger partial charge is 0.508 e. The molecule has 0 amide bonds. The molecule has 0 saturated heterocycles. The van der Waals surface area contributed by atoms with Crippen LogP contribution >= 0.6 is 0 Å². The lowest BCUT2D eigenvalue weighted by Crippen LogP contribution is -1.90. The van der Waals surface area contributed by atoms with Gasteiger partial charge in [-0.05, 0) is 29.7 Å². The summed E-state index contributed by atoms with van der Waals surface area (Å²) in [5, 5.41) is 19.6. The molecule has 0 radical (unpaired) electrons. The summed E-state index contributed by atoms with van der Waals surface area (Å²) in [6.07, 6.45) is 1.61. The minimum atomic E-state index is 0.115. The van der Waals surface area contributed by atoms with Gasteiger partial charge in [0.05, 0.1) is 0 Å². The number of nitrogens with zero attached hydrogens (tertiary/aromatic N) is 1. The Labute approximate surface area is 100 Å². The van der Waals surface area contributed by atoms with E-state index in [-0.39, 0.29) is 17.4 Å². The van der Waals surface area contributed by atoms with Crippen LogP contribution in [0.1, 0.15) is 25.3 Å². The SMILES string of the molecule is CC(C)c1ccc(-c2ncccc2O)cc1O. The molecule has 0 spiro atoms. The molecule has 3 nitrogen and oxygen atoms in total. The van der Waals surface area contributed by atoms with Crippen molar-refractivity contribution < 1.29 is 10.2 Å². The van der Waals surface area contributed by atoms with E-state index in [2.05, 4.69) is 4.98 Å². The molecule has 0 aliphatic carbocycles. The van der Waals surface area contributed by atoms with Crippen molar-refractivity contribution in [1.82, 2.24) is 4.98 Å². The highest BCUT2D eigenvalue weighted by Gasteiger charge is 2.10. The van der Waals surface area contributed by atoms with Gasteiger partial charge in [0.2, 0.25) is 0 Å². The van der Waals surface area contributed by atoms with Crippen LogP contribution in [0.15, 0.2) is 36.5 Å². The Kier molecular flexibility index (Phi) is 3.00. The lowest BCUT2D eigenvalue weighted by molar-refractivity contribution is 0.464. The molecule has 17 heavy (non-hydrogen) atoms. The molecule has 1 heterocycles. The Hall–Kier alpha value is -2.03. The Morgan fingerprint density at radius 3 is 2.41 bits per heavy atom. The Morgan fingerprint density at radius 2 is 1.82 bits per heavy atom. The van der Waals surface area contributed by atoms with Crippen LogP contribution in [0.2, 0.25) is 0 Å². The predicted molar refractivity (Wildman–Crippen MR) is 67.1 cm³/mol. The standard InChI is InChI=1S/C14H15NO2/c1-9(2)11-6-5-10(8-13(11)17)14-12(16)4-3-7-15-14/h3-9,16-17H,1-2H3. The van der Waals surface area contributed by atoms with Gasteiger partial charge in [0.25, 0.3) is 0 Å². The van der Waals surface area contributed by atoms with Crippen molar-refractivity contribution >= 4 is 0 Å². The molecule has 0 saturated carbocycles. The Balaban J connectivity index is 2.49. The molecular weight excluding hydrogens is 214 g/mol. The topological polar surface area (TPSA) is 53.4 Å². The molecule has 0 aliphatic rings. The minimum Gasteiger partial charge on any atom is -0.508 e. The van der Waals surface area contributed by atoms with Gasteiger partial charge >= 0.3 is 0 Å². The molecule has 88 valence electrons. The van der Waals surface area contributed by atoms with E-state index in [0.717, 1.165) is 5.56 Å². The zero-order chi connectivity index (χ0) is 12.4. The number of pyridine rings is 1. The van der Waals surface area contributed by atoms with Crippen molar-refractivity contribution in [3.63, 3.8) is 0 Å². The minimum absolute atomic E-state index is 0.115. The zero-order valence-corrected chi connectivity index (χ0v) is 9.88. The van der Waals surface area contributed by atoms with Crippen molar-refractivity contribution in [2.75, 3.05) is 0 Å². The fourth-order valence-corrected chi connectivity index (χ4v) is 1.80. The maximum absolute atomic E-state index is 9.90. The van der Waals surface area contributed by atoms with Gasteiger partial charge in [0, 0.05) is 11.8 Å². The molecular formula is C14H15NO2. The second kappa shape index (κ2) is 4.45. The Morgan fingerprint density at radius 1 is 1.06 bits per heavy atom. The van der Waals surface area contributed by atoms with Gasteiger partial charge in [-0.2, -0.15) is 0 Å². The second-order valence-corrected chi connectivity index (χ2v) is 4.30. The number of hydrogen-bond acceptors (Lipinski definition) is 3. The van der Waals surface area contributed by atoms with Gasteiger partial charge in [0.15, 0.2) is 0 Å². The average molecular weight is 229 g/mol. The van der Waals surface area contributed by atoms with Crippen molar-refractivity contribution in [2.24, 2.45) is 0 Å². The van der Waals surface area contributed by atoms with Crippen LogP contribution in [-0.4, -0.2) is 15.2 Å². The molecule has 0 aliphatic heterocycles. The quantitative estimate of drug-likeness (QED) is 0.830. The summed E-state index contributed by atoms with van der Waals surface area (Å²) < 4.78 is 0. The fraction of sp³-hybridized carbons (Fsp3) is 0.214. The van der Waals surface area contributed by atoms with Crippen molar-refractivity contribution in [2.45, 2.75) is 19.8 Å². The van der Waals surface area contributed by atoms with E-state index in [4.69, 9.17) is 0 Å². The molecule has 3 heteroatoms. The molecule has 0 atom stereocenters. The van der Waals surface area contributed by atoms with E-state index in [1.54, 1.807) is 24.4 Å². The summed E-state index contributed by atoms with van der Waals surface area (Å²) in [7, 11) is 0. The number of rotatable bonds is 2. The van der Waals surface area contributed by atoms with Crippen LogP contribution in [0.5, 0.6) is 11.5 Å². The number of benzene rings is 1. The summed E-state index contributed by atoms with van der Waals surface area (Å²) >= 11 is 0. The van der Waals surface area contributed by atoms with Crippen LogP contribution in [0, 0.1) is 0 Å². The van der Waals surface area contributed by atoms with Crippen molar-refractivity contribution in [3.05, 3.63) is 42.1 Å². The van der Waals surface area contributed by atoms with Crippen molar-refractivity contribution in [1.29, 1.82) is 0 Å². The van der Waals surface area contributed by atoms with Gasteiger partial charge in [-0.15, -0.1) is 0 Å². The first-order chi connectivity index (χ1) is 8.09. The molecule has 0 fully saturated rings. The van der Waals surface area contributed by atoms with Gasteiger partial charge in [0.1, 0.15) is 17.2 Å².